The highest BCUT2D eigenvalue weighted by Gasteiger charge is 2.75. The molecule has 1 aliphatic carbocycles. The minimum absolute atomic E-state index is 0.199. The van der Waals surface area contributed by atoms with Crippen molar-refractivity contribution in [2.24, 2.45) is 5.41 Å². The third kappa shape index (κ3) is 2.41. The second kappa shape index (κ2) is 5.70. The first kappa shape index (κ1) is 17.7. The molecule has 1 heterocycles. The fourth-order valence-corrected chi connectivity index (χ4v) is 4.03. The molecule has 2 atom stereocenters. The topological polar surface area (TPSA) is 65.1 Å². The number of ketones is 1. The van der Waals surface area contributed by atoms with Crippen LogP contribution < -0.4 is 9.47 Å². The lowest BCUT2D eigenvalue weighted by Gasteiger charge is -2.35. The molecular weight excluding hydrogens is 320 g/mol. The molecule has 0 bridgehead atoms. The first-order chi connectivity index (χ1) is 11.7. The molecule has 5 nitrogen and oxygen atoms in total. The van der Waals surface area contributed by atoms with Crippen LogP contribution in [-0.2, 0) is 9.53 Å². The number of hydrogen-bond acceptors (Lipinski definition) is 5. The van der Waals surface area contributed by atoms with Gasteiger partial charge in [-0.25, -0.2) is 0 Å². The molecule has 1 aliphatic heterocycles. The molecule has 1 aromatic carbocycles. The maximum atomic E-state index is 12.4. The minimum Gasteiger partial charge on any atom is -0.497 e. The Morgan fingerprint density at radius 3 is 2.48 bits per heavy atom. The summed E-state index contributed by atoms with van der Waals surface area (Å²) in [4.78, 5) is 23.9. The maximum Gasteiger partial charge on any atom is 0.150 e. The highest BCUT2D eigenvalue weighted by Crippen LogP contribution is 2.65. The van der Waals surface area contributed by atoms with Crippen LogP contribution in [0.15, 0.2) is 18.2 Å². The summed E-state index contributed by atoms with van der Waals surface area (Å²) in [5.74, 6) is 1.29. The SMILES string of the molecule is COc1cc(C=O)c(/C=C/[C@@]23O[C@]2(C)CCC(=O)C3(C)C)c(OC)c1. The molecule has 2 aliphatic rings. The van der Waals surface area contributed by atoms with Crippen LogP contribution in [0.5, 0.6) is 11.5 Å². The standard InChI is InChI=1S/C20H24O5/c1-18(2)17(22)7-8-19(3)20(18,25-19)9-6-15-13(12-21)10-14(23-4)11-16(15)24-5/h6,9-12H,7-8H2,1-5H3/b9-6+/t19-,20+/m1/s1. The van der Waals surface area contributed by atoms with Gasteiger partial charge in [0.25, 0.3) is 0 Å². The average molecular weight is 344 g/mol. The van der Waals surface area contributed by atoms with Gasteiger partial charge < -0.3 is 14.2 Å². The predicted molar refractivity (Wildman–Crippen MR) is 94.2 cm³/mol. The molecule has 1 saturated heterocycles. The Labute approximate surface area is 148 Å². The second-order valence-electron chi connectivity index (χ2n) is 7.40. The van der Waals surface area contributed by atoms with E-state index in [0.717, 1.165) is 6.29 Å². The summed E-state index contributed by atoms with van der Waals surface area (Å²) in [6.45, 7) is 5.89. The van der Waals surface area contributed by atoms with Crippen molar-refractivity contribution in [2.45, 2.75) is 44.8 Å². The Morgan fingerprint density at radius 2 is 1.88 bits per heavy atom. The molecule has 0 spiro atoms. The quantitative estimate of drug-likeness (QED) is 0.605. The number of rotatable bonds is 5. The molecule has 5 heteroatoms. The first-order valence-corrected chi connectivity index (χ1v) is 8.38. The van der Waals surface area contributed by atoms with E-state index in [-0.39, 0.29) is 11.4 Å². The number of Topliss-reactive ketones (excluding diaryl/α,β-unsaturated/α-hetero) is 1. The fourth-order valence-electron chi connectivity index (χ4n) is 4.03. The highest BCUT2D eigenvalue weighted by atomic mass is 16.6. The third-order valence-corrected chi connectivity index (χ3v) is 5.80. The van der Waals surface area contributed by atoms with Crippen molar-refractivity contribution in [3.8, 4) is 11.5 Å². The number of carbonyl (C=O) groups excluding carboxylic acids is 2. The summed E-state index contributed by atoms with van der Waals surface area (Å²) in [5.41, 5.74) is -0.495. The number of methoxy groups -OCH3 is 2. The van der Waals surface area contributed by atoms with Gasteiger partial charge in [0.05, 0.1) is 19.6 Å². The number of fused-ring (bicyclic) bond motifs is 1. The van der Waals surface area contributed by atoms with Gasteiger partial charge in [-0.05, 0) is 39.3 Å². The van der Waals surface area contributed by atoms with E-state index in [4.69, 9.17) is 14.2 Å². The largest absolute Gasteiger partial charge is 0.497 e. The van der Waals surface area contributed by atoms with Crippen molar-refractivity contribution in [3.63, 3.8) is 0 Å². The molecule has 1 saturated carbocycles. The monoisotopic (exact) mass is 344 g/mol. The third-order valence-electron chi connectivity index (χ3n) is 5.80. The van der Waals surface area contributed by atoms with Gasteiger partial charge in [-0.2, -0.15) is 0 Å². The zero-order chi connectivity index (χ0) is 18.5. The molecule has 1 aromatic rings. The van der Waals surface area contributed by atoms with Gasteiger partial charge >= 0.3 is 0 Å². The van der Waals surface area contributed by atoms with Crippen LogP contribution in [0.1, 0.15) is 49.5 Å². The molecule has 0 amide bonds. The average Bonchev–Trinajstić information content (AvgIpc) is 3.24. The van der Waals surface area contributed by atoms with Gasteiger partial charge in [0.2, 0.25) is 0 Å². The van der Waals surface area contributed by atoms with E-state index in [1.807, 2.05) is 32.9 Å². The number of epoxide rings is 1. The van der Waals surface area contributed by atoms with Gasteiger partial charge in [0.1, 0.15) is 28.5 Å². The van der Waals surface area contributed by atoms with Crippen molar-refractivity contribution in [1.29, 1.82) is 0 Å². The molecule has 0 unspecified atom stereocenters. The maximum absolute atomic E-state index is 12.4. The number of benzene rings is 1. The Morgan fingerprint density at radius 1 is 1.16 bits per heavy atom. The molecule has 0 radical (unpaired) electrons. The van der Waals surface area contributed by atoms with E-state index in [2.05, 4.69) is 0 Å². The van der Waals surface area contributed by atoms with Crippen LogP contribution in [-0.4, -0.2) is 37.5 Å². The Bertz CT molecular complexity index is 764. The van der Waals surface area contributed by atoms with Gasteiger partial charge in [-0.3, -0.25) is 9.59 Å². The summed E-state index contributed by atoms with van der Waals surface area (Å²) >= 11 is 0. The fraction of sp³-hybridized carbons (Fsp3) is 0.500. The van der Waals surface area contributed by atoms with Gasteiger partial charge in [0.15, 0.2) is 6.29 Å². The van der Waals surface area contributed by atoms with Crippen molar-refractivity contribution in [3.05, 3.63) is 29.3 Å². The van der Waals surface area contributed by atoms with Crippen molar-refractivity contribution in [2.75, 3.05) is 14.2 Å². The lowest BCUT2D eigenvalue weighted by Crippen LogP contribution is -2.47. The number of aldehydes is 1. The lowest BCUT2D eigenvalue weighted by molar-refractivity contribution is -0.130. The number of hydrogen-bond donors (Lipinski definition) is 0. The second-order valence-corrected chi connectivity index (χ2v) is 7.40. The summed E-state index contributed by atoms with van der Waals surface area (Å²) < 4.78 is 16.7. The molecule has 134 valence electrons. The molecule has 25 heavy (non-hydrogen) atoms. The van der Waals surface area contributed by atoms with Crippen LogP contribution in [0.2, 0.25) is 0 Å². The number of carbonyl (C=O) groups is 2. The predicted octanol–water partition coefficient (Wildman–Crippen LogP) is 3.45. The Kier molecular flexibility index (Phi) is 4.03. The van der Waals surface area contributed by atoms with Crippen LogP contribution in [0.4, 0.5) is 0 Å². The minimum atomic E-state index is -0.652. The molecule has 3 rings (SSSR count). The van der Waals surface area contributed by atoms with E-state index in [1.54, 1.807) is 19.2 Å². The summed E-state index contributed by atoms with van der Waals surface area (Å²) in [7, 11) is 3.09. The van der Waals surface area contributed by atoms with Crippen LogP contribution >= 0.6 is 0 Å². The number of ether oxygens (including phenoxy) is 3. The molecule has 2 fully saturated rings. The van der Waals surface area contributed by atoms with Crippen LogP contribution in [0.3, 0.4) is 0 Å². The molecule has 0 N–H and O–H groups in total. The lowest BCUT2D eigenvalue weighted by atomic mass is 9.63. The van der Waals surface area contributed by atoms with E-state index in [9.17, 15) is 9.59 Å². The van der Waals surface area contributed by atoms with E-state index in [1.165, 1.54) is 7.11 Å². The summed E-state index contributed by atoms with van der Waals surface area (Å²) in [6, 6.07) is 3.39. The van der Waals surface area contributed by atoms with Gasteiger partial charge in [-0.1, -0.05) is 6.08 Å². The van der Waals surface area contributed by atoms with Crippen molar-refractivity contribution < 1.29 is 23.8 Å². The first-order valence-electron chi connectivity index (χ1n) is 8.38. The summed E-state index contributed by atoms with van der Waals surface area (Å²) in [5, 5.41) is 0. The van der Waals surface area contributed by atoms with Crippen molar-refractivity contribution >= 4 is 18.1 Å². The Hall–Kier alpha value is -2.14. The van der Waals surface area contributed by atoms with Crippen LogP contribution in [0.25, 0.3) is 6.08 Å². The van der Waals surface area contributed by atoms with Gasteiger partial charge in [0, 0.05) is 23.6 Å². The normalized spacial score (nSPS) is 30.0. The Balaban J connectivity index is 2.06. The zero-order valence-electron chi connectivity index (χ0n) is 15.3. The van der Waals surface area contributed by atoms with Gasteiger partial charge in [-0.15, -0.1) is 0 Å². The van der Waals surface area contributed by atoms with E-state index < -0.39 is 11.0 Å². The highest BCUT2D eigenvalue weighted by molar-refractivity contribution is 5.90. The molecular formula is C20H24O5. The van der Waals surface area contributed by atoms with Crippen LogP contribution in [0, 0.1) is 5.41 Å². The zero-order valence-corrected chi connectivity index (χ0v) is 15.3. The van der Waals surface area contributed by atoms with E-state index >= 15 is 0 Å². The smallest absolute Gasteiger partial charge is 0.150 e. The van der Waals surface area contributed by atoms with E-state index in [0.29, 0.717) is 35.5 Å². The summed E-state index contributed by atoms with van der Waals surface area (Å²) in [6.07, 6.45) is 5.76. The molecule has 0 aromatic heterocycles. The van der Waals surface area contributed by atoms with Crippen molar-refractivity contribution in [1.82, 2.24) is 0 Å².